The molecule has 0 aliphatic rings. The van der Waals surface area contributed by atoms with Crippen molar-refractivity contribution in [3.8, 4) is 5.69 Å². The van der Waals surface area contributed by atoms with Crippen LogP contribution in [0, 0.1) is 6.92 Å². The minimum absolute atomic E-state index is 0.130. The van der Waals surface area contributed by atoms with Crippen molar-refractivity contribution < 1.29 is 4.79 Å². The van der Waals surface area contributed by atoms with Crippen molar-refractivity contribution in [3.05, 3.63) is 78.0 Å². The van der Waals surface area contributed by atoms with Gasteiger partial charge in [-0.3, -0.25) is 9.78 Å². The quantitative estimate of drug-likeness (QED) is 0.600. The molecule has 6 heteroatoms. The second kappa shape index (κ2) is 6.99. The molecule has 0 saturated carbocycles. The number of rotatable bonds is 4. The molecule has 0 radical (unpaired) electrons. The number of anilines is 1. The molecule has 2 aromatic carbocycles. The van der Waals surface area contributed by atoms with Crippen molar-refractivity contribution in [2.75, 3.05) is 5.32 Å². The molecular formula is C21H19N5O. The Bertz CT molecular complexity index is 1100. The van der Waals surface area contributed by atoms with Crippen molar-refractivity contribution >= 4 is 22.5 Å². The highest BCUT2D eigenvalue weighted by Gasteiger charge is 2.17. The van der Waals surface area contributed by atoms with Crippen LogP contribution in [0.5, 0.6) is 0 Å². The number of fused-ring (bicyclic) bond motifs is 1. The van der Waals surface area contributed by atoms with E-state index in [1.807, 2.05) is 55.5 Å². The molecule has 0 saturated heterocycles. The first-order valence-corrected chi connectivity index (χ1v) is 8.82. The third-order valence-corrected chi connectivity index (χ3v) is 4.61. The number of hydrogen-bond donors (Lipinski definition) is 1. The monoisotopic (exact) mass is 357 g/mol. The molecular weight excluding hydrogens is 338 g/mol. The van der Waals surface area contributed by atoms with Gasteiger partial charge < -0.3 is 5.32 Å². The molecule has 134 valence electrons. The van der Waals surface area contributed by atoms with Gasteiger partial charge in [-0.2, -0.15) is 5.10 Å². The molecule has 1 amide bonds. The molecule has 0 unspecified atom stereocenters. The molecule has 1 N–H and O–H groups in total. The van der Waals surface area contributed by atoms with E-state index in [-0.39, 0.29) is 5.91 Å². The number of hydrogen-bond acceptors (Lipinski definition) is 4. The maximum absolute atomic E-state index is 13.1. The average Bonchev–Trinajstić information content (AvgIpc) is 3.22. The van der Waals surface area contributed by atoms with E-state index in [0.29, 0.717) is 5.56 Å². The first-order chi connectivity index (χ1) is 13.2. The Morgan fingerprint density at radius 1 is 1.11 bits per heavy atom. The second-order valence-electron chi connectivity index (χ2n) is 6.27. The van der Waals surface area contributed by atoms with Crippen molar-refractivity contribution in [2.45, 2.75) is 20.3 Å². The predicted molar refractivity (Wildman–Crippen MR) is 105 cm³/mol. The highest BCUT2D eigenvalue weighted by atomic mass is 16.1. The summed E-state index contributed by atoms with van der Waals surface area (Å²) in [5.74, 6) is -0.130. The summed E-state index contributed by atoms with van der Waals surface area (Å²) in [7, 11) is 0. The summed E-state index contributed by atoms with van der Waals surface area (Å²) in [6, 6.07) is 15.2. The summed E-state index contributed by atoms with van der Waals surface area (Å²) in [6.45, 7) is 4.01. The minimum atomic E-state index is -0.130. The smallest absolute Gasteiger partial charge is 0.256 e. The van der Waals surface area contributed by atoms with E-state index < -0.39 is 0 Å². The molecule has 4 aromatic rings. The number of aryl methyl sites for hydroxylation is 1. The lowest BCUT2D eigenvalue weighted by molar-refractivity contribution is 0.102. The van der Waals surface area contributed by atoms with Gasteiger partial charge in [0, 0.05) is 16.8 Å². The Kier molecular flexibility index (Phi) is 4.38. The van der Waals surface area contributed by atoms with Gasteiger partial charge in [-0.1, -0.05) is 25.1 Å². The fourth-order valence-electron chi connectivity index (χ4n) is 3.23. The Hall–Kier alpha value is -3.54. The summed E-state index contributed by atoms with van der Waals surface area (Å²) in [5.41, 5.74) is 4.99. The van der Waals surface area contributed by atoms with Gasteiger partial charge in [0.05, 0.1) is 16.8 Å². The number of nitrogens with one attached hydrogen (secondary N) is 1. The Balaban J connectivity index is 1.68. The Labute approximate surface area is 156 Å². The molecule has 0 fully saturated rings. The van der Waals surface area contributed by atoms with Crippen LogP contribution < -0.4 is 5.32 Å². The summed E-state index contributed by atoms with van der Waals surface area (Å²) >= 11 is 0. The maximum atomic E-state index is 13.1. The van der Waals surface area contributed by atoms with Gasteiger partial charge in [-0.15, -0.1) is 0 Å². The van der Waals surface area contributed by atoms with Crippen molar-refractivity contribution in [1.29, 1.82) is 0 Å². The summed E-state index contributed by atoms with van der Waals surface area (Å²) in [4.78, 5) is 21.7. The van der Waals surface area contributed by atoms with Crippen LogP contribution in [0.25, 0.3) is 16.6 Å². The maximum Gasteiger partial charge on any atom is 0.256 e. The molecule has 0 aliphatic heterocycles. The second-order valence-corrected chi connectivity index (χ2v) is 6.27. The SMILES string of the molecule is CCc1nc2ccccc2c(C(=O)Nc2ccc(-n3cncn3)cc2)c1C. The van der Waals surface area contributed by atoms with Crippen molar-refractivity contribution in [2.24, 2.45) is 0 Å². The van der Waals surface area contributed by atoms with E-state index in [4.69, 9.17) is 0 Å². The van der Waals surface area contributed by atoms with Gasteiger partial charge in [0.2, 0.25) is 0 Å². The van der Waals surface area contributed by atoms with E-state index in [0.717, 1.165) is 40.0 Å². The Morgan fingerprint density at radius 3 is 2.59 bits per heavy atom. The van der Waals surface area contributed by atoms with Gasteiger partial charge in [-0.05, 0) is 49.2 Å². The number of pyridine rings is 1. The number of aromatic nitrogens is 4. The zero-order chi connectivity index (χ0) is 18.8. The number of benzene rings is 2. The molecule has 0 bridgehead atoms. The lowest BCUT2D eigenvalue weighted by atomic mass is 9.99. The predicted octanol–water partition coefficient (Wildman–Crippen LogP) is 3.94. The van der Waals surface area contributed by atoms with E-state index >= 15 is 0 Å². The summed E-state index contributed by atoms with van der Waals surface area (Å²) in [6.07, 6.45) is 3.90. The molecule has 0 atom stereocenters. The Morgan fingerprint density at radius 2 is 1.89 bits per heavy atom. The van der Waals surface area contributed by atoms with Crippen molar-refractivity contribution in [1.82, 2.24) is 19.7 Å². The molecule has 27 heavy (non-hydrogen) atoms. The van der Waals surface area contributed by atoms with Gasteiger partial charge in [0.1, 0.15) is 12.7 Å². The lowest BCUT2D eigenvalue weighted by Gasteiger charge is -2.14. The highest BCUT2D eigenvalue weighted by Crippen LogP contribution is 2.25. The molecule has 2 aromatic heterocycles. The zero-order valence-corrected chi connectivity index (χ0v) is 15.2. The first-order valence-electron chi connectivity index (χ1n) is 8.82. The van der Waals surface area contributed by atoms with Gasteiger partial charge in [0.15, 0.2) is 0 Å². The van der Waals surface area contributed by atoms with Crippen LogP contribution in [-0.2, 0) is 6.42 Å². The fourth-order valence-corrected chi connectivity index (χ4v) is 3.23. The number of amides is 1. The summed E-state index contributed by atoms with van der Waals surface area (Å²) in [5, 5.41) is 7.97. The molecule has 0 aliphatic carbocycles. The standard InChI is InChI=1S/C21H19N5O/c1-3-18-14(2)20(17-6-4-5-7-19(17)25-18)21(27)24-15-8-10-16(11-9-15)26-13-22-12-23-26/h4-13H,3H2,1-2H3,(H,24,27). The molecule has 4 rings (SSSR count). The number of carbonyl (C=O) groups is 1. The normalized spacial score (nSPS) is 10.9. The van der Waals surface area contributed by atoms with Crippen molar-refractivity contribution in [3.63, 3.8) is 0 Å². The van der Waals surface area contributed by atoms with E-state index in [9.17, 15) is 4.79 Å². The third-order valence-electron chi connectivity index (χ3n) is 4.61. The van der Waals surface area contributed by atoms with Crippen LogP contribution in [0.4, 0.5) is 5.69 Å². The number of carbonyl (C=O) groups excluding carboxylic acids is 1. The third kappa shape index (κ3) is 3.17. The van der Waals surface area contributed by atoms with E-state index in [1.165, 1.54) is 6.33 Å². The lowest BCUT2D eigenvalue weighted by Crippen LogP contribution is -2.16. The van der Waals surface area contributed by atoms with Crippen LogP contribution in [0.1, 0.15) is 28.5 Å². The van der Waals surface area contributed by atoms with Crippen LogP contribution in [-0.4, -0.2) is 25.7 Å². The topological polar surface area (TPSA) is 72.7 Å². The number of para-hydroxylation sites is 1. The molecule has 6 nitrogen and oxygen atoms in total. The van der Waals surface area contributed by atoms with Crippen LogP contribution in [0.3, 0.4) is 0 Å². The van der Waals surface area contributed by atoms with Crippen LogP contribution >= 0.6 is 0 Å². The van der Waals surface area contributed by atoms with Crippen LogP contribution in [0.15, 0.2) is 61.2 Å². The van der Waals surface area contributed by atoms with Crippen LogP contribution in [0.2, 0.25) is 0 Å². The fraction of sp³-hybridized carbons (Fsp3) is 0.143. The zero-order valence-electron chi connectivity index (χ0n) is 15.2. The molecule has 0 spiro atoms. The highest BCUT2D eigenvalue weighted by molar-refractivity contribution is 6.13. The van der Waals surface area contributed by atoms with Gasteiger partial charge in [0.25, 0.3) is 5.91 Å². The largest absolute Gasteiger partial charge is 0.322 e. The van der Waals surface area contributed by atoms with E-state index in [2.05, 4.69) is 27.3 Å². The van der Waals surface area contributed by atoms with Gasteiger partial charge >= 0.3 is 0 Å². The van der Waals surface area contributed by atoms with Gasteiger partial charge in [-0.25, -0.2) is 9.67 Å². The average molecular weight is 357 g/mol. The summed E-state index contributed by atoms with van der Waals surface area (Å²) < 4.78 is 1.67. The number of nitrogens with zero attached hydrogens (tertiary/aromatic N) is 4. The van der Waals surface area contributed by atoms with E-state index in [1.54, 1.807) is 11.0 Å². The first kappa shape index (κ1) is 16.9. The molecule has 2 heterocycles. The minimum Gasteiger partial charge on any atom is -0.322 e.